The van der Waals surface area contributed by atoms with Crippen molar-refractivity contribution in [2.45, 2.75) is 13.1 Å². The van der Waals surface area contributed by atoms with E-state index < -0.39 is 17.9 Å². The van der Waals surface area contributed by atoms with Crippen molar-refractivity contribution in [2.24, 2.45) is 4.99 Å². The lowest BCUT2D eigenvalue weighted by atomic mass is 10.3. The number of benzene rings is 1. The topological polar surface area (TPSA) is 38.7 Å². The molecule has 0 unspecified atom stereocenters. The fourth-order valence-corrected chi connectivity index (χ4v) is 1.06. The van der Waals surface area contributed by atoms with Crippen LogP contribution in [0.2, 0.25) is 0 Å². The number of rotatable bonds is 3. The monoisotopic (exact) mass is 245 g/mol. The van der Waals surface area contributed by atoms with Crippen molar-refractivity contribution in [1.29, 1.82) is 0 Å². The third-order valence-corrected chi connectivity index (χ3v) is 1.73. The molecule has 1 rings (SSSR count). The summed E-state index contributed by atoms with van der Waals surface area (Å²) in [5, 5.41) is 0. The molecule has 0 radical (unpaired) electrons. The van der Waals surface area contributed by atoms with Crippen molar-refractivity contribution in [3.05, 3.63) is 30.3 Å². The number of para-hydroxylation sites is 1. The number of hydrogen-bond acceptors (Lipinski definition) is 3. The van der Waals surface area contributed by atoms with E-state index >= 15 is 0 Å². The highest BCUT2D eigenvalue weighted by molar-refractivity contribution is 6.39. The largest absolute Gasteiger partial charge is 0.461 e. The van der Waals surface area contributed by atoms with E-state index in [0.29, 0.717) is 0 Å². The summed E-state index contributed by atoms with van der Waals surface area (Å²) in [6.45, 7) is 1.29. The third kappa shape index (κ3) is 3.90. The van der Waals surface area contributed by atoms with Crippen LogP contribution in [0.3, 0.4) is 0 Å². The van der Waals surface area contributed by atoms with Gasteiger partial charge in [-0.1, -0.05) is 18.2 Å². The maximum Gasteiger partial charge on any atom is 0.440 e. The van der Waals surface area contributed by atoms with Gasteiger partial charge in [-0.25, -0.2) is 9.79 Å². The van der Waals surface area contributed by atoms with Crippen molar-refractivity contribution in [3.8, 4) is 0 Å². The van der Waals surface area contributed by atoms with Crippen LogP contribution < -0.4 is 0 Å². The Hall–Kier alpha value is -1.85. The maximum absolute atomic E-state index is 12.5. The van der Waals surface area contributed by atoms with Crippen LogP contribution in [0.1, 0.15) is 6.92 Å². The van der Waals surface area contributed by atoms with Gasteiger partial charge in [0, 0.05) is 0 Å². The average Bonchev–Trinajstić information content (AvgIpc) is 2.26. The highest BCUT2D eigenvalue weighted by Crippen LogP contribution is 2.22. The van der Waals surface area contributed by atoms with E-state index in [1.54, 1.807) is 6.07 Å². The second kappa shape index (κ2) is 5.47. The minimum absolute atomic E-state index is 0.0490. The van der Waals surface area contributed by atoms with Crippen LogP contribution in [-0.4, -0.2) is 24.5 Å². The molecule has 0 heterocycles. The Bertz CT molecular complexity index is 412. The van der Waals surface area contributed by atoms with Gasteiger partial charge in [0.2, 0.25) is 5.71 Å². The minimum Gasteiger partial charge on any atom is -0.461 e. The minimum atomic E-state index is -4.83. The quantitative estimate of drug-likeness (QED) is 0.606. The van der Waals surface area contributed by atoms with Gasteiger partial charge in [0.15, 0.2) is 0 Å². The zero-order chi connectivity index (χ0) is 12.9. The van der Waals surface area contributed by atoms with Crippen molar-refractivity contribution < 1.29 is 22.7 Å². The van der Waals surface area contributed by atoms with E-state index in [2.05, 4.69) is 9.73 Å². The molecular formula is C11H10F3NO2. The molecule has 1 aromatic carbocycles. The van der Waals surface area contributed by atoms with Gasteiger partial charge in [-0.05, 0) is 19.1 Å². The average molecular weight is 245 g/mol. The fraction of sp³-hybridized carbons (Fsp3) is 0.273. The number of ether oxygens (including phenoxy) is 1. The first-order valence-corrected chi connectivity index (χ1v) is 4.83. The van der Waals surface area contributed by atoms with Gasteiger partial charge in [0.25, 0.3) is 0 Å². The van der Waals surface area contributed by atoms with Crippen LogP contribution in [0.15, 0.2) is 35.3 Å². The Labute approximate surface area is 95.9 Å². The Kier molecular flexibility index (Phi) is 4.25. The molecule has 0 amide bonds. The standard InChI is InChI=1S/C11H10F3NO2/c1-2-17-10(16)9(11(12,13)14)15-8-6-4-3-5-7-8/h3-7H,2H2,1H3. The van der Waals surface area contributed by atoms with Crippen LogP contribution >= 0.6 is 0 Å². The van der Waals surface area contributed by atoms with E-state index in [-0.39, 0.29) is 12.3 Å². The van der Waals surface area contributed by atoms with Crippen LogP contribution in [0.25, 0.3) is 0 Å². The van der Waals surface area contributed by atoms with Crippen LogP contribution in [0.5, 0.6) is 0 Å². The summed E-state index contributed by atoms with van der Waals surface area (Å²) in [6.07, 6.45) is -4.83. The van der Waals surface area contributed by atoms with Gasteiger partial charge in [-0.2, -0.15) is 13.2 Å². The number of alkyl halides is 3. The molecule has 0 saturated heterocycles. The van der Waals surface area contributed by atoms with Crippen molar-refractivity contribution in [2.75, 3.05) is 6.61 Å². The first-order chi connectivity index (χ1) is 7.95. The molecule has 0 atom stereocenters. The number of carbonyl (C=O) groups is 1. The predicted octanol–water partition coefficient (Wildman–Crippen LogP) is 2.88. The summed E-state index contributed by atoms with van der Waals surface area (Å²) in [5.74, 6) is -1.47. The molecular weight excluding hydrogens is 235 g/mol. The molecule has 0 N–H and O–H groups in total. The Morgan fingerprint density at radius 3 is 2.35 bits per heavy atom. The molecule has 0 aromatic heterocycles. The van der Waals surface area contributed by atoms with E-state index in [0.717, 1.165) is 0 Å². The molecule has 0 saturated carbocycles. The SMILES string of the molecule is CCOC(=O)C(=Nc1ccccc1)C(F)(F)F. The van der Waals surface area contributed by atoms with Crippen LogP contribution in [-0.2, 0) is 9.53 Å². The lowest BCUT2D eigenvalue weighted by Crippen LogP contribution is -2.32. The van der Waals surface area contributed by atoms with Crippen molar-refractivity contribution in [1.82, 2.24) is 0 Å². The van der Waals surface area contributed by atoms with E-state index in [9.17, 15) is 18.0 Å². The predicted molar refractivity (Wildman–Crippen MR) is 56.2 cm³/mol. The molecule has 6 heteroatoms. The number of halogens is 3. The van der Waals surface area contributed by atoms with E-state index in [1.807, 2.05) is 0 Å². The second-order valence-corrected chi connectivity index (χ2v) is 3.01. The van der Waals surface area contributed by atoms with Crippen molar-refractivity contribution in [3.63, 3.8) is 0 Å². The molecule has 3 nitrogen and oxygen atoms in total. The molecule has 0 aliphatic rings. The van der Waals surface area contributed by atoms with Gasteiger partial charge < -0.3 is 4.74 Å². The first-order valence-electron chi connectivity index (χ1n) is 4.83. The summed E-state index contributed by atoms with van der Waals surface area (Å²) in [7, 11) is 0. The Morgan fingerprint density at radius 2 is 1.88 bits per heavy atom. The molecule has 0 aliphatic heterocycles. The normalized spacial score (nSPS) is 12.4. The second-order valence-electron chi connectivity index (χ2n) is 3.01. The highest BCUT2D eigenvalue weighted by atomic mass is 19.4. The van der Waals surface area contributed by atoms with E-state index in [4.69, 9.17) is 0 Å². The van der Waals surface area contributed by atoms with Gasteiger partial charge in [-0.15, -0.1) is 0 Å². The molecule has 0 aliphatic carbocycles. The number of esters is 1. The van der Waals surface area contributed by atoms with Crippen LogP contribution in [0.4, 0.5) is 18.9 Å². The van der Waals surface area contributed by atoms with Gasteiger partial charge in [0.1, 0.15) is 0 Å². The molecule has 1 aromatic rings. The number of carbonyl (C=O) groups excluding carboxylic acids is 1. The number of nitrogens with zero attached hydrogens (tertiary/aromatic N) is 1. The lowest BCUT2D eigenvalue weighted by molar-refractivity contribution is -0.139. The fourth-order valence-electron chi connectivity index (χ4n) is 1.06. The summed E-state index contributed by atoms with van der Waals surface area (Å²) in [5.41, 5.74) is -1.50. The lowest BCUT2D eigenvalue weighted by Gasteiger charge is -2.09. The van der Waals surface area contributed by atoms with E-state index in [1.165, 1.54) is 31.2 Å². The Morgan fingerprint density at radius 1 is 1.29 bits per heavy atom. The molecule has 0 spiro atoms. The first kappa shape index (κ1) is 13.2. The molecule has 92 valence electrons. The summed E-state index contributed by atoms with van der Waals surface area (Å²) < 4.78 is 42.0. The smallest absolute Gasteiger partial charge is 0.440 e. The van der Waals surface area contributed by atoms with Crippen LogP contribution in [0, 0.1) is 0 Å². The maximum atomic E-state index is 12.5. The molecule has 0 bridgehead atoms. The molecule has 0 fully saturated rings. The van der Waals surface area contributed by atoms with Gasteiger partial charge >= 0.3 is 12.1 Å². The molecule has 17 heavy (non-hydrogen) atoms. The summed E-state index contributed by atoms with van der Waals surface area (Å²) in [6, 6.07) is 7.42. The Balaban J connectivity index is 3.07. The van der Waals surface area contributed by atoms with Gasteiger partial charge in [-0.3, -0.25) is 0 Å². The number of hydrogen-bond donors (Lipinski definition) is 0. The zero-order valence-corrected chi connectivity index (χ0v) is 8.99. The van der Waals surface area contributed by atoms with Gasteiger partial charge in [0.05, 0.1) is 12.3 Å². The third-order valence-electron chi connectivity index (χ3n) is 1.73. The summed E-state index contributed by atoms with van der Waals surface area (Å²) >= 11 is 0. The summed E-state index contributed by atoms with van der Waals surface area (Å²) in [4.78, 5) is 14.4. The van der Waals surface area contributed by atoms with Crippen molar-refractivity contribution >= 4 is 17.4 Å². The highest BCUT2D eigenvalue weighted by Gasteiger charge is 2.42. The number of aliphatic imine (C=N–C) groups is 1. The zero-order valence-electron chi connectivity index (χ0n) is 8.99.